The summed E-state index contributed by atoms with van der Waals surface area (Å²) in [5.41, 5.74) is 5.91. The second-order valence-corrected chi connectivity index (χ2v) is 9.57. The van der Waals surface area contributed by atoms with E-state index < -0.39 is 15.6 Å². The highest BCUT2D eigenvalue weighted by atomic mass is 32.2. The predicted molar refractivity (Wildman–Crippen MR) is 98.8 cm³/mol. The summed E-state index contributed by atoms with van der Waals surface area (Å²) in [5.74, 6) is 0.242. The first-order chi connectivity index (χ1) is 11.5. The minimum Gasteiger partial charge on any atom is -0.338 e. The predicted octanol–water partition coefficient (Wildman–Crippen LogP) is 1.96. The Hall–Kier alpha value is -1.44. The van der Waals surface area contributed by atoms with E-state index in [1.165, 1.54) is 12.1 Å². The fraction of sp³-hybridized carbons (Fsp3) is 0.611. The van der Waals surface area contributed by atoms with E-state index in [4.69, 9.17) is 5.73 Å². The van der Waals surface area contributed by atoms with E-state index >= 15 is 0 Å². The first-order valence-electron chi connectivity index (χ1n) is 8.68. The van der Waals surface area contributed by atoms with Crippen molar-refractivity contribution in [3.05, 3.63) is 29.8 Å². The summed E-state index contributed by atoms with van der Waals surface area (Å²) < 4.78 is 27.3. The smallest absolute Gasteiger partial charge is 0.253 e. The van der Waals surface area contributed by atoms with Crippen LogP contribution in [0.1, 0.15) is 50.9 Å². The largest absolute Gasteiger partial charge is 0.338 e. The quantitative estimate of drug-likeness (QED) is 0.851. The van der Waals surface area contributed by atoms with Gasteiger partial charge in [0.05, 0.1) is 4.90 Å². The molecule has 0 saturated carbocycles. The minimum absolute atomic E-state index is 0.0617. The number of carbonyl (C=O) groups is 1. The van der Waals surface area contributed by atoms with E-state index in [2.05, 4.69) is 4.72 Å². The third-order valence-electron chi connectivity index (χ3n) is 4.34. The van der Waals surface area contributed by atoms with Crippen molar-refractivity contribution in [1.29, 1.82) is 0 Å². The third-order valence-corrected chi connectivity index (χ3v) is 6.11. The lowest BCUT2D eigenvalue weighted by Gasteiger charge is -2.34. The highest BCUT2D eigenvalue weighted by molar-refractivity contribution is 7.89. The molecular weight excluding hydrogens is 338 g/mol. The number of sulfonamides is 1. The van der Waals surface area contributed by atoms with E-state index in [9.17, 15) is 13.2 Å². The molecule has 1 fully saturated rings. The maximum Gasteiger partial charge on any atom is 0.253 e. The topological polar surface area (TPSA) is 92.5 Å². The Kier molecular flexibility index (Phi) is 5.91. The first kappa shape index (κ1) is 19.9. The van der Waals surface area contributed by atoms with Gasteiger partial charge in [0, 0.05) is 30.2 Å². The molecule has 1 amide bonds. The van der Waals surface area contributed by atoms with Crippen LogP contribution in [0.2, 0.25) is 0 Å². The fourth-order valence-corrected chi connectivity index (χ4v) is 4.46. The maximum absolute atomic E-state index is 12.7. The highest BCUT2D eigenvalue weighted by Crippen LogP contribution is 2.21. The highest BCUT2D eigenvalue weighted by Gasteiger charge is 2.27. The molecule has 140 valence electrons. The molecule has 6 nitrogen and oxygen atoms in total. The molecule has 1 heterocycles. The molecule has 0 bridgehead atoms. The summed E-state index contributed by atoms with van der Waals surface area (Å²) in [4.78, 5) is 14.7. The summed E-state index contributed by atoms with van der Waals surface area (Å²) in [6, 6.07) is 6.18. The van der Waals surface area contributed by atoms with Crippen molar-refractivity contribution in [2.24, 2.45) is 11.7 Å². The van der Waals surface area contributed by atoms with Gasteiger partial charge < -0.3 is 10.6 Å². The number of benzene rings is 1. The SMILES string of the molecule is CC(N)C1CCCN(C(=O)c2ccc(S(=O)(=O)NC(C)(C)C)cc2)C1. The van der Waals surface area contributed by atoms with Crippen LogP contribution in [-0.2, 0) is 10.0 Å². The summed E-state index contributed by atoms with van der Waals surface area (Å²) in [5, 5.41) is 0. The zero-order valence-electron chi connectivity index (χ0n) is 15.5. The van der Waals surface area contributed by atoms with Crippen LogP contribution < -0.4 is 10.5 Å². The van der Waals surface area contributed by atoms with Crippen molar-refractivity contribution < 1.29 is 13.2 Å². The number of nitrogens with two attached hydrogens (primary N) is 1. The van der Waals surface area contributed by atoms with Crippen molar-refractivity contribution in [2.75, 3.05) is 13.1 Å². The van der Waals surface area contributed by atoms with Gasteiger partial charge in [-0.15, -0.1) is 0 Å². The lowest BCUT2D eigenvalue weighted by atomic mass is 9.92. The zero-order chi connectivity index (χ0) is 18.8. The standard InChI is InChI=1S/C18H29N3O3S/c1-13(19)15-6-5-11-21(12-15)17(22)14-7-9-16(10-8-14)25(23,24)20-18(2,3)4/h7-10,13,15,20H,5-6,11-12,19H2,1-4H3. The number of rotatable bonds is 4. The van der Waals surface area contributed by atoms with Crippen molar-refractivity contribution >= 4 is 15.9 Å². The van der Waals surface area contributed by atoms with E-state index in [0.29, 0.717) is 24.6 Å². The number of nitrogens with zero attached hydrogens (tertiary/aromatic N) is 1. The Labute approximate surface area is 150 Å². The molecule has 1 saturated heterocycles. The van der Waals surface area contributed by atoms with Crippen molar-refractivity contribution in [2.45, 2.75) is 57.0 Å². The molecule has 2 unspecified atom stereocenters. The summed E-state index contributed by atoms with van der Waals surface area (Å²) in [6.07, 6.45) is 1.98. The van der Waals surface area contributed by atoms with Gasteiger partial charge in [-0.1, -0.05) is 0 Å². The van der Waals surface area contributed by atoms with E-state index in [1.807, 2.05) is 11.8 Å². The normalized spacial score (nSPS) is 20.4. The molecule has 1 aliphatic rings. The molecule has 0 spiro atoms. The summed E-state index contributed by atoms with van der Waals surface area (Å²) in [6.45, 7) is 8.70. The second kappa shape index (κ2) is 7.43. The van der Waals surface area contributed by atoms with Gasteiger partial charge in [-0.3, -0.25) is 4.79 Å². The molecule has 1 aromatic rings. The molecule has 1 aliphatic heterocycles. The molecule has 0 radical (unpaired) electrons. The van der Waals surface area contributed by atoms with Crippen molar-refractivity contribution in [3.63, 3.8) is 0 Å². The van der Waals surface area contributed by atoms with Gasteiger partial charge in [0.25, 0.3) is 5.91 Å². The van der Waals surface area contributed by atoms with Crippen LogP contribution in [-0.4, -0.2) is 43.9 Å². The van der Waals surface area contributed by atoms with Gasteiger partial charge in [0.15, 0.2) is 0 Å². The molecule has 7 heteroatoms. The Bertz CT molecular complexity index is 706. The molecule has 0 aliphatic carbocycles. The Morgan fingerprint density at radius 1 is 1.28 bits per heavy atom. The first-order valence-corrected chi connectivity index (χ1v) is 10.2. The zero-order valence-corrected chi connectivity index (χ0v) is 16.3. The van der Waals surface area contributed by atoms with Crippen LogP contribution in [0.25, 0.3) is 0 Å². The molecule has 2 rings (SSSR count). The van der Waals surface area contributed by atoms with E-state index in [0.717, 1.165) is 12.8 Å². The Balaban J connectivity index is 2.13. The Morgan fingerprint density at radius 2 is 1.88 bits per heavy atom. The number of piperidine rings is 1. The molecule has 3 N–H and O–H groups in total. The van der Waals surface area contributed by atoms with Gasteiger partial charge in [-0.05, 0) is 70.7 Å². The van der Waals surface area contributed by atoms with Crippen LogP contribution in [0.4, 0.5) is 0 Å². The van der Waals surface area contributed by atoms with Crippen LogP contribution >= 0.6 is 0 Å². The molecule has 25 heavy (non-hydrogen) atoms. The monoisotopic (exact) mass is 367 g/mol. The summed E-state index contributed by atoms with van der Waals surface area (Å²) in [7, 11) is -3.60. The van der Waals surface area contributed by atoms with Gasteiger partial charge in [-0.2, -0.15) is 0 Å². The Morgan fingerprint density at radius 3 is 2.40 bits per heavy atom. The lowest BCUT2D eigenvalue weighted by Crippen LogP contribution is -2.45. The molecular formula is C18H29N3O3S. The number of nitrogens with one attached hydrogen (secondary N) is 1. The van der Waals surface area contributed by atoms with Crippen LogP contribution in [0.5, 0.6) is 0 Å². The van der Waals surface area contributed by atoms with Crippen molar-refractivity contribution in [1.82, 2.24) is 9.62 Å². The number of hydrogen-bond donors (Lipinski definition) is 2. The molecule has 0 aromatic heterocycles. The average molecular weight is 368 g/mol. The number of carbonyl (C=O) groups excluding carboxylic acids is 1. The number of amides is 1. The maximum atomic E-state index is 12.7. The second-order valence-electron chi connectivity index (χ2n) is 7.89. The van der Waals surface area contributed by atoms with Gasteiger partial charge in [0.1, 0.15) is 0 Å². The minimum atomic E-state index is -3.60. The van der Waals surface area contributed by atoms with Crippen LogP contribution in [0, 0.1) is 5.92 Å². The third kappa shape index (κ3) is 5.26. The van der Waals surface area contributed by atoms with Crippen molar-refractivity contribution in [3.8, 4) is 0 Å². The fourth-order valence-electron chi connectivity index (χ4n) is 3.04. The van der Waals surface area contributed by atoms with Gasteiger partial charge >= 0.3 is 0 Å². The van der Waals surface area contributed by atoms with Gasteiger partial charge in [0.2, 0.25) is 10.0 Å². The number of likely N-dealkylation sites (tertiary alicyclic amines) is 1. The van der Waals surface area contributed by atoms with Gasteiger partial charge in [-0.25, -0.2) is 13.1 Å². The molecule has 1 aromatic carbocycles. The van der Waals surface area contributed by atoms with Crippen LogP contribution in [0.15, 0.2) is 29.2 Å². The van der Waals surface area contributed by atoms with E-state index in [1.54, 1.807) is 32.9 Å². The number of hydrogen-bond acceptors (Lipinski definition) is 4. The molecule has 2 atom stereocenters. The van der Waals surface area contributed by atoms with Crippen LogP contribution in [0.3, 0.4) is 0 Å². The average Bonchev–Trinajstić information content (AvgIpc) is 2.52. The van der Waals surface area contributed by atoms with E-state index in [-0.39, 0.29) is 16.8 Å². The lowest BCUT2D eigenvalue weighted by molar-refractivity contribution is 0.0661. The summed E-state index contributed by atoms with van der Waals surface area (Å²) >= 11 is 0.